The van der Waals surface area contributed by atoms with Gasteiger partial charge in [-0.1, -0.05) is 6.42 Å². The highest BCUT2D eigenvalue weighted by Gasteiger charge is 2.30. The van der Waals surface area contributed by atoms with Crippen molar-refractivity contribution in [1.82, 2.24) is 9.88 Å². The summed E-state index contributed by atoms with van der Waals surface area (Å²) in [7, 11) is 1.60. The molecule has 6 nitrogen and oxygen atoms in total. The van der Waals surface area contributed by atoms with Crippen LogP contribution in [0.1, 0.15) is 33.1 Å². The van der Waals surface area contributed by atoms with Crippen LogP contribution in [0.4, 0.5) is 5.69 Å². The molecule has 6 heteroatoms. The number of nitrogens with one attached hydrogen (secondary N) is 1. The third kappa shape index (κ3) is 3.85. The lowest BCUT2D eigenvalue weighted by atomic mass is 9.99. The van der Waals surface area contributed by atoms with Gasteiger partial charge in [-0.2, -0.15) is 0 Å². The van der Waals surface area contributed by atoms with E-state index in [0.29, 0.717) is 17.6 Å². The van der Waals surface area contributed by atoms with Gasteiger partial charge in [-0.3, -0.25) is 9.69 Å². The molecule has 2 heterocycles. The Morgan fingerprint density at radius 1 is 1.40 bits per heavy atom. The van der Waals surface area contributed by atoms with Gasteiger partial charge in [-0.25, -0.2) is 4.98 Å². The molecule has 1 aliphatic heterocycles. The first-order valence-corrected chi connectivity index (χ1v) is 8.73. The van der Waals surface area contributed by atoms with Crippen molar-refractivity contribution < 1.29 is 13.9 Å². The standard InChI is InChI=1S/C19H25N3O3/c1-13(2)22-9-5-4-6-16(22)19(23)21-14-7-8-15(17(10-14)24-3)18-11-20-12-25-18/h7-8,10-13,16H,4-6,9H2,1-3H3,(H,21,23). The SMILES string of the molecule is COc1cc(NC(=O)C2CCCCN2C(C)C)ccc1-c1cnco1. The van der Waals surface area contributed by atoms with Crippen molar-refractivity contribution in [3.05, 3.63) is 30.8 Å². The van der Waals surface area contributed by atoms with Gasteiger partial charge in [-0.05, 0) is 45.4 Å². The monoisotopic (exact) mass is 343 g/mol. The number of aromatic nitrogens is 1. The lowest BCUT2D eigenvalue weighted by Gasteiger charge is -2.37. The van der Waals surface area contributed by atoms with Crippen molar-refractivity contribution in [3.8, 4) is 17.1 Å². The molecule has 134 valence electrons. The number of oxazole rings is 1. The molecule has 3 rings (SSSR count). The molecule has 1 saturated heterocycles. The van der Waals surface area contributed by atoms with E-state index < -0.39 is 0 Å². The zero-order valence-electron chi connectivity index (χ0n) is 15.0. The predicted molar refractivity (Wildman–Crippen MR) is 96.6 cm³/mol. The minimum absolute atomic E-state index is 0.0443. The summed E-state index contributed by atoms with van der Waals surface area (Å²) in [6.45, 7) is 5.26. The van der Waals surface area contributed by atoms with Crippen molar-refractivity contribution in [2.45, 2.75) is 45.2 Å². The Kier molecular flexibility index (Phi) is 5.38. The van der Waals surface area contributed by atoms with Gasteiger partial charge in [0.25, 0.3) is 0 Å². The summed E-state index contributed by atoms with van der Waals surface area (Å²) in [6, 6.07) is 5.84. The number of carbonyl (C=O) groups is 1. The molecule has 0 saturated carbocycles. The van der Waals surface area contributed by atoms with Crippen molar-refractivity contribution in [3.63, 3.8) is 0 Å². The number of amides is 1. The summed E-state index contributed by atoms with van der Waals surface area (Å²) in [5.74, 6) is 1.31. The van der Waals surface area contributed by atoms with Gasteiger partial charge in [0.2, 0.25) is 5.91 Å². The van der Waals surface area contributed by atoms with E-state index in [9.17, 15) is 4.79 Å². The second-order valence-corrected chi connectivity index (χ2v) is 6.61. The van der Waals surface area contributed by atoms with Gasteiger partial charge in [-0.15, -0.1) is 0 Å². The largest absolute Gasteiger partial charge is 0.496 e. The van der Waals surface area contributed by atoms with Gasteiger partial charge in [0.05, 0.1) is 24.9 Å². The predicted octanol–water partition coefficient (Wildman–Crippen LogP) is 3.55. The molecule has 1 fully saturated rings. The van der Waals surface area contributed by atoms with Crippen LogP contribution in [0.5, 0.6) is 5.75 Å². The van der Waals surface area contributed by atoms with Crippen molar-refractivity contribution in [2.75, 3.05) is 19.0 Å². The van der Waals surface area contributed by atoms with Crippen LogP contribution in [0.15, 0.2) is 35.2 Å². The van der Waals surface area contributed by atoms with Crippen LogP contribution in [0, 0.1) is 0 Å². The molecule has 0 spiro atoms. The molecule has 25 heavy (non-hydrogen) atoms. The van der Waals surface area contributed by atoms with Crippen LogP contribution < -0.4 is 10.1 Å². The summed E-state index contributed by atoms with van der Waals surface area (Å²) in [4.78, 5) is 19.0. The van der Waals surface area contributed by atoms with E-state index in [1.165, 1.54) is 6.39 Å². The van der Waals surface area contributed by atoms with Crippen LogP contribution in [0.2, 0.25) is 0 Å². The van der Waals surface area contributed by atoms with Gasteiger partial charge in [0, 0.05) is 17.8 Å². The fourth-order valence-corrected chi connectivity index (χ4v) is 3.40. The molecule has 0 radical (unpaired) electrons. The third-order valence-corrected chi connectivity index (χ3v) is 4.68. The Hall–Kier alpha value is -2.34. The van der Waals surface area contributed by atoms with Crippen molar-refractivity contribution >= 4 is 11.6 Å². The molecule has 2 aromatic rings. The molecule has 1 aliphatic rings. The number of likely N-dealkylation sites (tertiary alicyclic amines) is 1. The fourth-order valence-electron chi connectivity index (χ4n) is 3.40. The lowest BCUT2D eigenvalue weighted by molar-refractivity contribution is -0.123. The number of rotatable bonds is 5. The highest BCUT2D eigenvalue weighted by Crippen LogP contribution is 2.32. The van der Waals surface area contributed by atoms with E-state index in [1.807, 2.05) is 18.2 Å². The Bertz CT molecular complexity index is 713. The highest BCUT2D eigenvalue weighted by molar-refractivity contribution is 5.95. The first-order valence-electron chi connectivity index (χ1n) is 8.73. The van der Waals surface area contributed by atoms with Crippen LogP contribution in [-0.2, 0) is 4.79 Å². The number of nitrogens with zero attached hydrogens (tertiary/aromatic N) is 2. The second kappa shape index (κ2) is 7.70. The lowest BCUT2D eigenvalue weighted by Crippen LogP contribution is -2.50. The minimum Gasteiger partial charge on any atom is -0.496 e. The maximum absolute atomic E-state index is 12.8. The maximum Gasteiger partial charge on any atom is 0.241 e. The molecular formula is C19H25N3O3. The topological polar surface area (TPSA) is 67.6 Å². The number of hydrogen-bond acceptors (Lipinski definition) is 5. The van der Waals surface area contributed by atoms with Crippen LogP contribution >= 0.6 is 0 Å². The van der Waals surface area contributed by atoms with E-state index >= 15 is 0 Å². The first kappa shape index (κ1) is 17.5. The molecule has 1 unspecified atom stereocenters. The van der Waals surface area contributed by atoms with E-state index in [0.717, 1.165) is 37.1 Å². The van der Waals surface area contributed by atoms with Gasteiger partial charge in [0.15, 0.2) is 12.2 Å². The van der Waals surface area contributed by atoms with Gasteiger partial charge < -0.3 is 14.5 Å². The van der Waals surface area contributed by atoms with E-state index in [1.54, 1.807) is 13.3 Å². The zero-order valence-corrected chi connectivity index (χ0v) is 15.0. The third-order valence-electron chi connectivity index (χ3n) is 4.68. The van der Waals surface area contributed by atoms with Gasteiger partial charge in [0.1, 0.15) is 5.75 Å². The molecule has 1 aromatic heterocycles. The quantitative estimate of drug-likeness (QED) is 0.899. The summed E-state index contributed by atoms with van der Waals surface area (Å²) >= 11 is 0. The van der Waals surface area contributed by atoms with E-state index in [-0.39, 0.29) is 11.9 Å². The summed E-state index contributed by atoms with van der Waals surface area (Å²) in [5.41, 5.74) is 1.53. The Labute approximate surface area is 148 Å². The first-order chi connectivity index (χ1) is 12.1. The second-order valence-electron chi connectivity index (χ2n) is 6.61. The maximum atomic E-state index is 12.8. The average Bonchev–Trinajstić information content (AvgIpc) is 3.16. The number of piperidine rings is 1. The molecule has 0 bridgehead atoms. The molecule has 1 N–H and O–H groups in total. The van der Waals surface area contributed by atoms with E-state index in [2.05, 4.69) is 29.0 Å². The molecule has 1 amide bonds. The van der Waals surface area contributed by atoms with E-state index in [4.69, 9.17) is 9.15 Å². The highest BCUT2D eigenvalue weighted by atomic mass is 16.5. The minimum atomic E-state index is -0.0753. The normalized spacial score (nSPS) is 18.3. The summed E-state index contributed by atoms with van der Waals surface area (Å²) in [5, 5.41) is 3.04. The molecular weight excluding hydrogens is 318 g/mol. The van der Waals surface area contributed by atoms with Crippen LogP contribution in [0.25, 0.3) is 11.3 Å². The fraction of sp³-hybridized carbons (Fsp3) is 0.474. The number of methoxy groups -OCH3 is 1. The van der Waals surface area contributed by atoms with Crippen molar-refractivity contribution in [1.29, 1.82) is 0 Å². The number of hydrogen-bond donors (Lipinski definition) is 1. The number of ether oxygens (including phenoxy) is 1. The summed E-state index contributed by atoms with van der Waals surface area (Å²) in [6.07, 6.45) is 6.17. The van der Waals surface area contributed by atoms with Crippen LogP contribution in [-0.4, -0.2) is 41.5 Å². The number of carbonyl (C=O) groups excluding carboxylic acids is 1. The molecule has 1 aromatic carbocycles. The Morgan fingerprint density at radius 3 is 2.92 bits per heavy atom. The molecule has 1 atom stereocenters. The molecule has 0 aliphatic carbocycles. The Balaban J connectivity index is 1.77. The number of benzene rings is 1. The smallest absolute Gasteiger partial charge is 0.241 e. The summed E-state index contributed by atoms with van der Waals surface area (Å²) < 4.78 is 10.8. The Morgan fingerprint density at radius 2 is 2.24 bits per heavy atom. The zero-order chi connectivity index (χ0) is 17.8. The average molecular weight is 343 g/mol. The van der Waals surface area contributed by atoms with Crippen LogP contribution in [0.3, 0.4) is 0 Å². The van der Waals surface area contributed by atoms with Crippen molar-refractivity contribution in [2.24, 2.45) is 0 Å². The van der Waals surface area contributed by atoms with Gasteiger partial charge >= 0.3 is 0 Å². The number of anilines is 1.